The number of alkyl halides is 3. The standard InChI is InChI=1S/C21H22F3N3O2/c1-13-4-5-15(14(2)8-13)10-26(3)12-20(29)27-11-19(28)25-17-9-16(21(22,23)24)6-7-18(17)27/h4-9H,10-12H2,1-3H3,(H,25,28). The van der Waals surface area contributed by atoms with Crippen molar-refractivity contribution in [3.63, 3.8) is 0 Å². The predicted octanol–water partition coefficient (Wildman–Crippen LogP) is 3.74. The molecule has 0 fully saturated rings. The molecule has 2 aromatic carbocycles. The maximum absolute atomic E-state index is 12.9. The number of carbonyl (C=O) groups is 2. The highest BCUT2D eigenvalue weighted by Crippen LogP contribution is 2.37. The molecule has 2 aromatic rings. The molecule has 0 unspecified atom stereocenters. The highest BCUT2D eigenvalue weighted by atomic mass is 19.4. The fourth-order valence-corrected chi connectivity index (χ4v) is 3.38. The maximum Gasteiger partial charge on any atom is 0.416 e. The average Bonchev–Trinajstić information content (AvgIpc) is 2.62. The zero-order valence-corrected chi connectivity index (χ0v) is 16.4. The summed E-state index contributed by atoms with van der Waals surface area (Å²) >= 11 is 0. The molecule has 5 nitrogen and oxygen atoms in total. The Bertz CT molecular complexity index is 957. The van der Waals surface area contributed by atoms with Crippen LogP contribution in [-0.4, -0.2) is 36.9 Å². The number of hydrogen-bond acceptors (Lipinski definition) is 3. The van der Waals surface area contributed by atoms with Crippen LogP contribution in [0, 0.1) is 13.8 Å². The molecule has 0 atom stereocenters. The van der Waals surface area contributed by atoms with Gasteiger partial charge in [-0.05, 0) is 50.2 Å². The summed E-state index contributed by atoms with van der Waals surface area (Å²) in [5, 5.41) is 2.42. The molecule has 2 amide bonds. The number of fused-ring (bicyclic) bond motifs is 1. The van der Waals surface area contributed by atoms with Crippen molar-refractivity contribution in [1.82, 2.24) is 4.90 Å². The second-order valence-corrected chi connectivity index (χ2v) is 7.36. The largest absolute Gasteiger partial charge is 0.416 e. The SMILES string of the molecule is Cc1ccc(CN(C)CC(=O)N2CC(=O)Nc3cc(C(F)(F)F)ccc32)c(C)c1. The summed E-state index contributed by atoms with van der Waals surface area (Å²) in [6.45, 7) is 4.35. The third-order valence-corrected chi connectivity index (χ3v) is 4.84. The van der Waals surface area contributed by atoms with Gasteiger partial charge in [-0.2, -0.15) is 13.2 Å². The van der Waals surface area contributed by atoms with E-state index in [-0.39, 0.29) is 30.4 Å². The van der Waals surface area contributed by atoms with Gasteiger partial charge in [0, 0.05) is 6.54 Å². The van der Waals surface area contributed by atoms with Crippen molar-refractivity contribution in [3.05, 3.63) is 58.7 Å². The highest BCUT2D eigenvalue weighted by molar-refractivity contribution is 6.10. The second-order valence-electron chi connectivity index (χ2n) is 7.36. The number of anilines is 2. The minimum absolute atomic E-state index is 0.0125. The van der Waals surface area contributed by atoms with Gasteiger partial charge >= 0.3 is 6.18 Å². The van der Waals surface area contributed by atoms with Crippen LogP contribution in [-0.2, 0) is 22.3 Å². The molecule has 1 heterocycles. The summed E-state index contributed by atoms with van der Waals surface area (Å²) < 4.78 is 38.8. The lowest BCUT2D eigenvalue weighted by atomic mass is 10.1. The first-order valence-corrected chi connectivity index (χ1v) is 9.11. The average molecular weight is 405 g/mol. The number of nitrogens with zero attached hydrogens (tertiary/aromatic N) is 2. The van der Waals surface area contributed by atoms with Crippen LogP contribution in [0.3, 0.4) is 0 Å². The van der Waals surface area contributed by atoms with Crippen LogP contribution >= 0.6 is 0 Å². The molecule has 0 spiro atoms. The monoisotopic (exact) mass is 405 g/mol. The van der Waals surface area contributed by atoms with Gasteiger partial charge < -0.3 is 5.32 Å². The first-order chi connectivity index (χ1) is 13.5. The Labute approximate surface area is 167 Å². The van der Waals surface area contributed by atoms with E-state index in [4.69, 9.17) is 0 Å². The number of amides is 2. The Morgan fingerprint density at radius 3 is 2.55 bits per heavy atom. The van der Waals surface area contributed by atoms with Crippen molar-refractivity contribution >= 4 is 23.2 Å². The molecular formula is C21H22F3N3O2. The van der Waals surface area contributed by atoms with Gasteiger partial charge in [-0.15, -0.1) is 0 Å². The summed E-state index contributed by atoms with van der Waals surface area (Å²) in [5.74, 6) is -0.879. The fourth-order valence-electron chi connectivity index (χ4n) is 3.38. The number of rotatable bonds is 4. The summed E-state index contributed by atoms with van der Waals surface area (Å²) in [7, 11) is 1.79. The van der Waals surface area contributed by atoms with E-state index in [9.17, 15) is 22.8 Å². The smallest absolute Gasteiger partial charge is 0.323 e. The van der Waals surface area contributed by atoms with Crippen molar-refractivity contribution in [2.75, 3.05) is 30.4 Å². The van der Waals surface area contributed by atoms with E-state index in [0.717, 1.165) is 28.8 Å². The van der Waals surface area contributed by atoms with Crippen molar-refractivity contribution < 1.29 is 22.8 Å². The molecule has 0 aliphatic carbocycles. The molecule has 0 aromatic heterocycles. The van der Waals surface area contributed by atoms with E-state index in [0.29, 0.717) is 6.54 Å². The third-order valence-electron chi connectivity index (χ3n) is 4.84. The van der Waals surface area contributed by atoms with Gasteiger partial charge in [0.05, 0.1) is 23.5 Å². The zero-order chi connectivity index (χ0) is 21.3. The van der Waals surface area contributed by atoms with Gasteiger partial charge in [0.1, 0.15) is 6.54 Å². The first kappa shape index (κ1) is 20.9. The number of benzene rings is 2. The highest BCUT2D eigenvalue weighted by Gasteiger charge is 2.34. The van der Waals surface area contributed by atoms with Crippen LogP contribution in [0.5, 0.6) is 0 Å². The molecule has 154 valence electrons. The molecule has 0 bridgehead atoms. The maximum atomic E-state index is 12.9. The Morgan fingerprint density at radius 2 is 1.90 bits per heavy atom. The van der Waals surface area contributed by atoms with Crippen LogP contribution < -0.4 is 10.2 Å². The van der Waals surface area contributed by atoms with Gasteiger partial charge in [0.25, 0.3) is 0 Å². The van der Waals surface area contributed by atoms with Gasteiger partial charge in [0.15, 0.2) is 0 Å². The molecule has 1 aliphatic rings. The van der Waals surface area contributed by atoms with Crippen LogP contribution in [0.25, 0.3) is 0 Å². The lowest BCUT2D eigenvalue weighted by Gasteiger charge is -2.31. The number of carbonyl (C=O) groups excluding carboxylic acids is 2. The molecule has 0 saturated carbocycles. The van der Waals surface area contributed by atoms with Gasteiger partial charge in [-0.3, -0.25) is 19.4 Å². The fraction of sp³-hybridized carbons (Fsp3) is 0.333. The van der Waals surface area contributed by atoms with Crippen molar-refractivity contribution in [3.8, 4) is 0 Å². The normalized spacial score (nSPS) is 14.0. The molecule has 1 aliphatic heterocycles. The number of aryl methyl sites for hydroxylation is 2. The van der Waals surface area contributed by atoms with Crippen LogP contribution in [0.4, 0.5) is 24.5 Å². The number of hydrogen-bond donors (Lipinski definition) is 1. The lowest BCUT2D eigenvalue weighted by molar-refractivity contribution is -0.137. The quantitative estimate of drug-likeness (QED) is 0.843. The summed E-state index contributed by atoms with van der Waals surface area (Å²) in [6.07, 6.45) is -4.53. The molecule has 1 N–H and O–H groups in total. The first-order valence-electron chi connectivity index (χ1n) is 9.11. The number of likely N-dealkylation sites (N-methyl/N-ethyl adjacent to an activating group) is 1. The van der Waals surface area contributed by atoms with Crippen molar-refractivity contribution in [2.45, 2.75) is 26.6 Å². The van der Waals surface area contributed by atoms with E-state index < -0.39 is 17.6 Å². The third kappa shape index (κ3) is 4.76. The second kappa shape index (κ2) is 7.87. The predicted molar refractivity (Wildman–Crippen MR) is 105 cm³/mol. The van der Waals surface area contributed by atoms with E-state index in [2.05, 4.69) is 11.4 Å². The minimum atomic E-state index is -4.53. The molecule has 8 heteroatoms. The Balaban J connectivity index is 1.76. The van der Waals surface area contributed by atoms with Crippen molar-refractivity contribution in [1.29, 1.82) is 0 Å². The Kier molecular flexibility index (Phi) is 5.66. The number of halogens is 3. The molecule has 0 radical (unpaired) electrons. The van der Waals surface area contributed by atoms with Crippen LogP contribution in [0.1, 0.15) is 22.3 Å². The summed E-state index contributed by atoms with van der Waals surface area (Å²) in [6, 6.07) is 9.06. The lowest BCUT2D eigenvalue weighted by Crippen LogP contribution is -2.46. The van der Waals surface area contributed by atoms with E-state index in [1.807, 2.05) is 30.9 Å². The molecule has 0 saturated heterocycles. The van der Waals surface area contributed by atoms with Crippen LogP contribution in [0.2, 0.25) is 0 Å². The van der Waals surface area contributed by atoms with Gasteiger partial charge in [-0.25, -0.2) is 0 Å². The van der Waals surface area contributed by atoms with Crippen LogP contribution in [0.15, 0.2) is 36.4 Å². The molecular weight excluding hydrogens is 383 g/mol. The number of nitrogens with one attached hydrogen (secondary N) is 1. The van der Waals surface area contributed by atoms with Gasteiger partial charge in [0.2, 0.25) is 11.8 Å². The molecule has 29 heavy (non-hydrogen) atoms. The van der Waals surface area contributed by atoms with E-state index >= 15 is 0 Å². The Hall–Kier alpha value is -2.87. The van der Waals surface area contributed by atoms with Crippen molar-refractivity contribution in [2.24, 2.45) is 0 Å². The minimum Gasteiger partial charge on any atom is -0.323 e. The van der Waals surface area contributed by atoms with E-state index in [1.54, 1.807) is 7.05 Å². The van der Waals surface area contributed by atoms with Gasteiger partial charge in [-0.1, -0.05) is 23.8 Å². The summed E-state index contributed by atoms with van der Waals surface area (Å²) in [4.78, 5) is 27.8. The molecule has 3 rings (SSSR count). The summed E-state index contributed by atoms with van der Waals surface area (Å²) in [5.41, 5.74) is 2.73. The topological polar surface area (TPSA) is 52.7 Å². The van der Waals surface area contributed by atoms with E-state index in [1.165, 1.54) is 11.0 Å². The zero-order valence-electron chi connectivity index (χ0n) is 16.4. The Morgan fingerprint density at radius 1 is 1.17 bits per heavy atom.